The van der Waals surface area contributed by atoms with Gasteiger partial charge >= 0.3 is 6.09 Å². The number of benzene rings is 1. The summed E-state index contributed by atoms with van der Waals surface area (Å²) in [5, 5.41) is 11.1. The molecule has 1 heterocycles. The Labute approximate surface area is 109 Å². The van der Waals surface area contributed by atoms with Crippen molar-refractivity contribution in [1.29, 1.82) is 5.26 Å². The van der Waals surface area contributed by atoms with Gasteiger partial charge in [0.05, 0.1) is 0 Å². The van der Waals surface area contributed by atoms with Crippen LogP contribution < -0.4 is 5.32 Å². The van der Waals surface area contributed by atoms with E-state index in [1.54, 1.807) is 6.92 Å². The second-order valence-corrected chi connectivity index (χ2v) is 3.71. The summed E-state index contributed by atoms with van der Waals surface area (Å²) in [7, 11) is 0. The summed E-state index contributed by atoms with van der Waals surface area (Å²) in [4.78, 5) is 15.3. The molecule has 0 aliphatic carbocycles. The average Bonchev–Trinajstić information content (AvgIpc) is 2.77. The highest BCUT2D eigenvalue weighted by molar-refractivity contribution is 5.84. The molecule has 0 spiro atoms. The van der Waals surface area contributed by atoms with Gasteiger partial charge in [-0.3, -0.25) is 5.32 Å². The molecule has 0 atom stereocenters. The number of hydrogen-bond acceptors (Lipinski definition) is 5. The maximum absolute atomic E-state index is 11.5. The van der Waals surface area contributed by atoms with Crippen LogP contribution in [0.5, 0.6) is 0 Å². The number of carbonyl (C=O) groups excluding carboxylic acids is 1. The Morgan fingerprint density at radius 2 is 2.21 bits per heavy atom. The Bertz CT molecular complexity index is 614. The van der Waals surface area contributed by atoms with Crippen LogP contribution in [-0.4, -0.2) is 11.1 Å². The normalized spacial score (nSPS) is 9.68. The minimum absolute atomic E-state index is 0.00179. The first-order valence-electron chi connectivity index (χ1n) is 5.54. The second kappa shape index (κ2) is 5.69. The fraction of sp³-hybridized carbons (Fsp3) is 0.154. The van der Waals surface area contributed by atoms with E-state index in [0.29, 0.717) is 5.89 Å². The van der Waals surface area contributed by atoms with Crippen molar-refractivity contribution < 1.29 is 13.9 Å². The molecule has 0 saturated carbocycles. The molecule has 0 aliphatic heterocycles. The summed E-state index contributed by atoms with van der Waals surface area (Å²) >= 11 is 0. The number of nitrogens with zero attached hydrogens (tertiary/aromatic N) is 2. The number of amides is 1. The first-order valence-corrected chi connectivity index (χ1v) is 5.54. The van der Waals surface area contributed by atoms with Crippen LogP contribution in [0.2, 0.25) is 0 Å². The van der Waals surface area contributed by atoms with Crippen molar-refractivity contribution in [3.05, 3.63) is 47.5 Å². The highest BCUT2D eigenvalue weighted by atomic mass is 16.6. The number of ether oxygens (including phenoxy) is 1. The molecule has 0 saturated heterocycles. The molecule has 1 N–H and O–H groups in total. The Hall–Kier alpha value is -2.81. The third-order valence-electron chi connectivity index (χ3n) is 2.27. The van der Waals surface area contributed by atoms with Crippen molar-refractivity contribution in [3.8, 4) is 6.07 Å². The average molecular weight is 257 g/mol. The molecule has 0 fully saturated rings. The van der Waals surface area contributed by atoms with Gasteiger partial charge in [-0.2, -0.15) is 5.26 Å². The lowest BCUT2D eigenvalue weighted by Crippen LogP contribution is -2.13. The van der Waals surface area contributed by atoms with Crippen molar-refractivity contribution in [2.45, 2.75) is 13.5 Å². The standard InChI is InChI=1S/C13H11N3O3/c1-9-15-11(7-14)12(19-9)16-13(17)18-8-10-5-3-2-4-6-10/h2-6H,8H2,1H3,(H,16,17). The van der Waals surface area contributed by atoms with E-state index in [4.69, 9.17) is 14.4 Å². The van der Waals surface area contributed by atoms with E-state index in [1.165, 1.54) is 0 Å². The Kier molecular flexibility index (Phi) is 3.78. The Morgan fingerprint density at radius 1 is 1.47 bits per heavy atom. The molecule has 0 radical (unpaired) electrons. The molecule has 96 valence electrons. The third kappa shape index (κ3) is 3.33. The van der Waals surface area contributed by atoms with Crippen molar-refractivity contribution in [3.63, 3.8) is 0 Å². The van der Waals surface area contributed by atoms with Crippen LogP contribution in [-0.2, 0) is 11.3 Å². The van der Waals surface area contributed by atoms with Crippen LogP contribution in [0.3, 0.4) is 0 Å². The van der Waals surface area contributed by atoms with Gasteiger partial charge in [-0.1, -0.05) is 30.3 Å². The van der Waals surface area contributed by atoms with Crippen LogP contribution in [0.4, 0.5) is 10.7 Å². The summed E-state index contributed by atoms with van der Waals surface area (Å²) in [6, 6.07) is 11.1. The van der Waals surface area contributed by atoms with Gasteiger partial charge in [0.25, 0.3) is 0 Å². The van der Waals surface area contributed by atoms with E-state index in [2.05, 4.69) is 10.3 Å². The number of anilines is 1. The summed E-state index contributed by atoms with van der Waals surface area (Å²) in [6.07, 6.45) is -0.698. The maximum Gasteiger partial charge on any atom is 0.414 e. The van der Waals surface area contributed by atoms with Crippen LogP contribution in [0.15, 0.2) is 34.7 Å². The largest absolute Gasteiger partial charge is 0.444 e. The molecule has 6 nitrogen and oxygen atoms in total. The minimum atomic E-state index is -0.698. The topological polar surface area (TPSA) is 88.2 Å². The first kappa shape index (κ1) is 12.6. The lowest BCUT2D eigenvalue weighted by Gasteiger charge is -2.04. The van der Waals surface area contributed by atoms with E-state index in [9.17, 15) is 4.79 Å². The molecule has 0 bridgehead atoms. The first-order chi connectivity index (χ1) is 9.19. The highest BCUT2D eigenvalue weighted by Gasteiger charge is 2.14. The molecule has 19 heavy (non-hydrogen) atoms. The van der Waals surface area contributed by atoms with E-state index in [-0.39, 0.29) is 18.2 Å². The number of nitrogens with one attached hydrogen (secondary N) is 1. The quantitative estimate of drug-likeness (QED) is 0.912. The lowest BCUT2D eigenvalue weighted by molar-refractivity contribution is 0.154. The zero-order valence-corrected chi connectivity index (χ0v) is 10.2. The van der Waals surface area contributed by atoms with Gasteiger partial charge in [-0.05, 0) is 5.56 Å². The van der Waals surface area contributed by atoms with Crippen molar-refractivity contribution in [2.75, 3.05) is 5.32 Å². The van der Waals surface area contributed by atoms with Gasteiger partial charge in [0.2, 0.25) is 11.6 Å². The van der Waals surface area contributed by atoms with Crippen LogP contribution >= 0.6 is 0 Å². The molecule has 1 aromatic heterocycles. The fourth-order valence-corrected chi connectivity index (χ4v) is 1.44. The SMILES string of the molecule is Cc1nc(C#N)c(NC(=O)OCc2ccccc2)o1. The minimum Gasteiger partial charge on any atom is -0.444 e. The van der Waals surface area contributed by atoms with Gasteiger partial charge in [0.1, 0.15) is 12.7 Å². The summed E-state index contributed by atoms with van der Waals surface area (Å²) in [5.74, 6) is 0.299. The summed E-state index contributed by atoms with van der Waals surface area (Å²) in [5.41, 5.74) is 0.890. The number of nitriles is 1. The van der Waals surface area contributed by atoms with Crippen LogP contribution in [0.1, 0.15) is 17.1 Å². The van der Waals surface area contributed by atoms with Crippen molar-refractivity contribution in [2.24, 2.45) is 0 Å². The van der Waals surface area contributed by atoms with E-state index in [0.717, 1.165) is 5.56 Å². The van der Waals surface area contributed by atoms with Gasteiger partial charge in [-0.15, -0.1) is 0 Å². The maximum atomic E-state index is 11.5. The van der Waals surface area contributed by atoms with E-state index >= 15 is 0 Å². The molecular formula is C13H11N3O3. The number of hydrogen-bond donors (Lipinski definition) is 1. The number of carbonyl (C=O) groups is 1. The Morgan fingerprint density at radius 3 is 2.89 bits per heavy atom. The zero-order valence-electron chi connectivity index (χ0n) is 10.2. The number of aryl methyl sites for hydroxylation is 1. The molecule has 1 aromatic carbocycles. The van der Waals surface area contributed by atoms with Gasteiger partial charge in [0, 0.05) is 6.92 Å². The van der Waals surface area contributed by atoms with E-state index < -0.39 is 6.09 Å². The number of aromatic nitrogens is 1. The van der Waals surface area contributed by atoms with Crippen LogP contribution in [0, 0.1) is 18.3 Å². The second-order valence-electron chi connectivity index (χ2n) is 3.71. The monoisotopic (exact) mass is 257 g/mol. The highest BCUT2D eigenvalue weighted by Crippen LogP contribution is 2.16. The molecule has 0 aliphatic rings. The van der Waals surface area contributed by atoms with Gasteiger partial charge in [-0.25, -0.2) is 9.78 Å². The van der Waals surface area contributed by atoms with Crippen molar-refractivity contribution >= 4 is 12.0 Å². The summed E-state index contributed by atoms with van der Waals surface area (Å²) < 4.78 is 10.1. The lowest BCUT2D eigenvalue weighted by atomic mass is 10.2. The predicted molar refractivity (Wildman–Crippen MR) is 66.2 cm³/mol. The van der Waals surface area contributed by atoms with Crippen LogP contribution in [0.25, 0.3) is 0 Å². The molecule has 1 amide bonds. The fourth-order valence-electron chi connectivity index (χ4n) is 1.44. The molecule has 6 heteroatoms. The molecule has 0 unspecified atom stereocenters. The van der Waals surface area contributed by atoms with Gasteiger partial charge in [0.15, 0.2) is 5.89 Å². The third-order valence-corrected chi connectivity index (χ3v) is 2.27. The zero-order chi connectivity index (χ0) is 13.7. The number of rotatable bonds is 3. The van der Waals surface area contributed by atoms with E-state index in [1.807, 2.05) is 36.4 Å². The molecule has 2 rings (SSSR count). The van der Waals surface area contributed by atoms with Gasteiger partial charge < -0.3 is 9.15 Å². The summed E-state index contributed by atoms with van der Waals surface area (Å²) in [6.45, 7) is 1.73. The smallest absolute Gasteiger partial charge is 0.414 e. The number of oxazole rings is 1. The molecular weight excluding hydrogens is 246 g/mol. The van der Waals surface area contributed by atoms with Crippen molar-refractivity contribution in [1.82, 2.24) is 4.98 Å². The molecule has 2 aromatic rings. The Balaban J connectivity index is 1.93. The predicted octanol–water partition coefficient (Wildman–Crippen LogP) is 2.60.